The number of hydrogen-bond acceptors (Lipinski definition) is 3. The van der Waals surface area contributed by atoms with Gasteiger partial charge < -0.3 is 9.87 Å². The van der Waals surface area contributed by atoms with E-state index in [2.05, 4.69) is 10.3 Å². The third-order valence-electron chi connectivity index (χ3n) is 1.38. The van der Waals surface area contributed by atoms with Gasteiger partial charge in [0.1, 0.15) is 16.1 Å². The van der Waals surface area contributed by atoms with Gasteiger partial charge in [0.05, 0.1) is 6.20 Å². The van der Waals surface area contributed by atoms with Crippen LogP contribution in [-0.2, 0) is 10.4 Å². The summed E-state index contributed by atoms with van der Waals surface area (Å²) in [6.07, 6.45) is 1.31. The van der Waals surface area contributed by atoms with Crippen molar-refractivity contribution in [2.24, 2.45) is 0 Å². The molecule has 0 aliphatic rings. The Morgan fingerprint density at radius 2 is 2.38 bits per heavy atom. The molecule has 0 saturated carbocycles. The highest BCUT2D eigenvalue weighted by Crippen LogP contribution is 2.12. The maximum Gasteiger partial charge on any atom is 0.269 e. The lowest BCUT2D eigenvalue weighted by atomic mass is 10.3. The Hall–Kier alpha value is -0.780. The molecular weight excluding hydrogens is 212 g/mol. The van der Waals surface area contributed by atoms with Crippen LogP contribution in [0.25, 0.3) is 0 Å². The molecule has 0 fully saturated rings. The van der Waals surface area contributed by atoms with E-state index in [9.17, 15) is 9.35 Å². The smallest absolute Gasteiger partial charge is 0.269 e. The number of amides is 1. The molecule has 0 spiro atoms. The number of pyridine rings is 1. The summed E-state index contributed by atoms with van der Waals surface area (Å²) in [7, 11) is 5.24. The molecule has 1 unspecified atom stereocenters. The number of hydrogen-bond donors (Lipinski definition) is 1. The van der Waals surface area contributed by atoms with E-state index in [1.807, 2.05) is 0 Å². The van der Waals surface area contributed by atoms with Crippen molar-refractivity contribution in [2.45, 2.75) is 4.90 Å². The van der Waals surface area contributed by atoms with Crippen molar-refractivity contribution in [1.29, 1.82) is 0 Å². The molecule has 13 heavy (non-hydrogen) atoms. The van der Waals surface area contributed by atoms with Gasteiger partial charge in [-0.2, -0.15) is 0 Å². The topological polar surface area (TPSA) is 65.0 Å². The largest absolute Gasteiger partial charge is 0.594 e. The SMILES string of the molecule is CNC(=O)c1ccc([S+]([O-])Cl)cn1. The van der Waals surface area contributed by atoms with E-state index in [0.717, 1.165) is 0 Å². The standard InChI is InChI=1S/C7H7ClN2O2S/c1-9-7(11)6-3-2-5(4-10-6)13(8)12/h2-4H,1H3,(H,9,11). The summed E-state index contributed by atoms with van der Waals surface area (Å²) in [6, 6.07) is 2.97. The van der Waals surface area contributed by atoms with Crippen LogP contribution in [-0.4, -0.2) is 22.5 Å². The van der Waals surface area contributed by atoms with Gasteiger partial charge in [-0.05, 0) is 12.1 Å². The monoisotopic (exact) mass is 218 g/mol. The molecule has 70 valence electrons. The fraction of sp³-hybridized carbons (Fsp3) is 0.143. The van der Waals surface area contributed by atoms with E-state index in [0.29, 0.717) is 4.90 Å². The fourth-order valence-corrected chi connectivity index (χ4v) is 1.32. The van der Waals surface area contributed by atoms with E-state index in [-0.39, 0.29) is 11.6 Å². The summed E-state index contributed by atoms with van der Waals surface area (Å²) < 4.78 is 10.7. The number of rotatable bonds is 2. The third kappa shape index (κ3) is 2.58. The van der Waals surface area contributed by atoms with Gasteiger partial charge in [-0.25, -0.2) is 4.98 Å². The highest BCUT2D eigenvalue weighted by Gasteiger charge is 2.10. The second-order valence-electron chi connectivity index (χ2n) is 2.18. The molecule has 0 aliphatic heterocycles. The van der Waals surface area contributed by atoms with E-state index in [4.69, 9.17) is 10.7 Å². The maximum atomic E-state index is 11.0. The van der Waals surface area contributed by atoms with Gasteiger partial charge in [0.2, 0.25) is 0 Å². The Labute approximate surface area is 83.0 Å². The van der Waals surface area contributed by atoms with Crippen molar-refractivity contribution >= 4 is 27.0 Å². The molecule has 4 nitrogen and oxygen atoms in total. The van der Waals surface area contributed by atoms with Crippen LogP contribution in [0, 0.1) is 0 Å². The van der Waals surface area contributed by atoms with Crippen molar-refractivity contribution in [3.63, 3.8) is 0 Å². The van der Waals surface area contributed by atoms with Crippen molar-refractivity contribution in [3.8, 4) is 0 Å². The van der Waals surface area contributed by atoms with Gasteiger partial charge in [-0.3, -0.25) is 4.79 Å². The zero-order chi connectivity index (χ0) is 9.84. The lowest BCUT2D eigenvalue weighted by molar-refractivity contribution is 0.0958. The molecule has 6 heteroatoms. The van der Waals surface area contributed by atoms with Crippen LogP contribution in [0.3, 0.4) is 0 Å². The van der Waals surface area contributed by atoms with Crippen LogP contribution >= 0.6 is 10.7 Å². The van der Waals surface area contributed by atoms with Gasteiger partial charge in [0.25, 0.3) is 5.91 Å². The predicted octanol–water partition coefficient (Wildman–Crippen LogP) is 0.703. The molecule has 1 N–H and O–H groups in total. The van der Waals surface area contributed by atoms with Crippen LogP contribution in [0.2, 0.25) is 0 Å². The summed E-state index contributed by atoms with van der Waals surface area (Å²) in [4.78, 5) is 15.2. The summed E-state index contributed by atoms with van der Waals surface area (Å²) in [5, 5.41) is 2.42. The maximum absolute atomic E-state index is 11.0. The molecular formula is C7H7ClN2O2S. The molecule has 1 aromatic heterocycles. The second kappa shape index (κ2) is 4.45. The molecule has 0 bridgehead atoms. The van der Waals surface area contributed by atoms with Gasteiger partial charge in [-0.1, -0.05) is 0 Å². The quantitative estimate of drug-likeness (QED) is 0.744. The molecule has 1 atom stereocenters. The van der Waals surface area contributed by atoms with E-state index in [1.165, 1.54) is 25.4 Å². The van der Waals surface area contributed by atoms with Crippen LogP contribution in [0.4, 0.5) is 0 Å². The zero-order valence-electron chi connectivity index (χ0n) is 6.78. The first-order valence-corrected chi connectivity index (χ1v) is 5.39. The number of halogens is 1. The normalized spacial score (nSPS) is 12.2. The number of carbonyl (C=O) groups excluding carboxylic acids is 1. The number of nitrogens with zero attached hydrogens (tertiary/aromatic N) is 1. The summed E-state index contributed by atoms with van der Waals surface area (Å²) in [5.74, 6) is -0.285. The van der Waals surface area contributed by atoms with Gasteiger partial charge in [-0.15, -0.1) is 0 Å². The molecule has 0 aliphatic carbocycles. The van der Waals surface area contributed by atoms with Gasteiger partial charge >= 0.3 is 0 Å². The predicted molar refractivity (Wildman–Crippen MR) is 49.9 cm³/mol. The van der Waals surface area contributed by atoms with Crippen LogP contribution in [0.5, 0.6) is 0 Å². The Morgan fingerprint density at radius 1 is 1.69 bits per heavy atom. The van der Waals surface area contributed by atoms with Crippen molar-refractivity contribution in [2.75, 3.05) is 7.05 Å². The molecule has 1 amide bonds. The minimum Gasteiger partial charge on any atom is -0.594 e. The average molecular weight is 219 g/mol. The van der Waals surface area contributed by atoms with Crippen LogP contribution in [0.15, 0.2) is 23.2 Å². The lowest BCUT2D eigenvalue weighted by Crippen LogP contribution is -2.19. The third-order valence-corrected chi connectivity index (χ3v) is 2.53. The first-order valence-electron chi connectivity index (χ1n) is 3.41. The van der Waals surface area contributed by atoms with Crippen molar-refractivity contribution < 1.29 is 9.35 Å². The lowest BCUT2D eigenvalue weighted by Gasteiger charge is -2.00. The average Bonchev–Trinajstić information content (AvgIpc) is 2.17. The highest BCUT2D eigenvalue weighted by molar-refractivity contribution is 8.13. The van der Waals surface area contributed by atoms with Crippen LogP contribution < -0.4 is 5.32 Å². The number of aromatic nitrogens is 1. The Morgan fingerprint density at radius 3 is 2.77 bits per heavy atom. The van der Waals surface area contributed by atoms with Gasteiger partial charge in [0.15, 0.2) is 15.6 Å². The van der Waals surface area contributed by atoms with E-state index >= 15 is 0 Å². The minimum atomic E-state index is -1.57. The second-order valence-corrected chi connectivity index (χ2v) is 3.94. The van der Waals surface area contributed by atoms with E-state index < -0.39 is 10.4 Å². The van der Waals surface area contributed by atoms with Gasteiger partial charge in [0, 0.05) is 7.05 Å². The summed E-state index contributed by atoms with van der Waals surface area (Å²) >= 11 is 0. The van der Waals surface area contributed by atoms with Crippen molar-refractivity contribution in [3.05, 3.63) is 24.0 Å². The Bertz CT molecular complexity index is 302. The first-order chi connectivity index (χ1) is 6.15. The summed E-state index contributed by atoms with van der Waals surface area (Å²) in [6.45, 7) is 0. The molecule has 1 rings (SSSR count). The molecule has 0 saturated heterocycles. The molecule has 0 aromatic carbocycles. The Kier molecular flexibility index (Phi) is 3.53. The zero-order valence-corrected chi connectivity index (χ0v) is 8.35. The minimum absolute atomic E-state index is 0.272. The molecule has 1 heterocycles. The molecule has 1 aromatic rings. The van der Waals surface area contributed by atoms with E-state index in [1.54, 1.807) is 0 Å². The fourth-order valence-electron chi connectivity index (χ4n) is 0.738. The van der Waals surface area contributed by atoms with Crippen molar-refractivity contribution in [1.82, 2.24) is 10.3 Å². The van der Waals surface area contributed by atoms with Crippen LogP contribution in [0.1, 0.15) is 10.5 Å². The first kappa shape index (κ1) is 10.3. The number of carbonyl (C=O) groups is 1. The number of nitrogens with one attached hydrogen (secondary N) is 1. The highest BCUT2D eigenvalue weighted by atomic mass is 35.7. The summed E-state index contributed by atoms with van der Waals surface area (Å²) in [5.41, 5.74) is 0.272. The molecule has 0 radical (unpaired) electrons. The Balaban J connectivity index is 2.87.